The average molecular weight is 826 g/mol. The molecule has 3 amide bonds. The molecule has 0 atom stereocenters. The minimum atomic E-state index is -4.61. The minimum Gasteiger partial charge on any atom is -0.321 e. The van der Waals surface area contributed by atoms with Gasteiger partial charge in [-0.25, -0.2) is 0 Å². The van der Waals surface area contributed by atoms with E-state index in [2.05, 4.69) is 16.0 Å². The van der Waals surface area contributed by atoms with Crippen molar-refractivity contribution in [3.8, 4) is 0 Å². The number of hydrogen-bond acceptors (Lipinski definition) is 9. The fourth-order valence-electron chi connectivity index (χ4n) is 6.17. The Labute approximate surface area is 324 Å². The lowest BCUT2D eigenvalue weighted by Gasteiger charge is -2.14. The molecule has 7 rings (SSSR count). The van der Waals surface area contributed by atoms with Crippen molar-refractivity contribution in [3.05, 3.63) is 144 Å². The largest absolute Gasteiger partial charge is 0.321 e. The van der Waals surface area contributed by atoms with Gasteiger partial charge in [0.05, 0.1) is 14.7 Å². The first kappa shape index (κ1) is 38.7. The highest BCUT2D eigenvalue weighted by molar-refractivity contribution is 7.86. The number of fused-ring (bicyclic) bond motifs is 3. The first-order valence-electron chi connectivity index (χ1n) is 16.5. The average Bonchev–Trinajstić information content (AvgIpc) is 3.16. The predicted molar refractivity (Wildman–Crippen MR) is 212 cm³/mol. The Bertz CT molecular complexity index is 2850. The van der Waals surface area contributed by atoms with Gasteiger partial charge in [0.1, 0.15) is 0 Å². The Balaban J connectivity index is 1.30. The summed E-state index contributed by atoms with van der Waals surface area (Å²) < 4.78 is 100. The second-order valence-corrected chi connectivity index (χ2v) is 16.9. The van der Waals surface area contributed by atoms with Crippen LogP contribution in [-0.2, 0) is 30.4 Å². The molecule has 0 saturated heterocycles. The van der Waals surface area contributed by atoms with Gasteiger partial charge >= 0.3 is 0 Å². The van der Waals surface area contributed by atoms with Crippen LogP contribution < -0.4 is 16.0 Å². The van der Waals surface area contributed by atoms with Gasteiger partial charge in [-0.1, -0.05) is 54.6 Å². The third-order valence-corrected chi connectivity index (χ3v) is 11.5. The van der Waals surface area contributed by atoms with Gasteiger partial charge in [0.25, 0.3) is 48.1 Å². The van der Waals surface area contributed by atoms with E-state index in [1.165, 1.54) is 72.8 Å². The minimum absolute atomic E-state index is 0.125. The number of rotatable bonds is 9. The van der Waals surface area contributed by atoms with E-state index in [9.17, 15) is 53.3 Å². The van der Waals surface area contributed by atoms with Crippen LogP contribution in [0.5, 0.6) is 0 Å². The number of hydrogen-bond donors (Lipinski definition) is 6. The van der Waals surface area contributed by atoms with E-state index in [4.69, 9.17) is 0 Å². The molecule has 0 spiro atoms. The standard InChI is InChI=1S/C39H27N3O12S3/c43-37(40-34-7-1-4-22-10-13-28(19-31(22)34)55(46,47)48)25-16-26(38(44)41-35-8-2-5-23-11-14-29(20-32(23)35)56(49,50)51)18-27(17-25)39(45)42-36-9-3-6-24-12-15-30(21-33(24)36)57(52,53)54/h1-21H,(H,40,43)(H,41,44)(H,42,45)(H,46,47,48)(H,49,50,51)(H,52,53,54). The Morgan fingerprint density at radius 3 is 0.877 bits per heavy atom. The van der Waals surface area contributed by atoms with Crippen LogP contribution in [0.2, 0.25) is 0 Å². The van der Waals surface area contributed by atoms with Crippen molar-refractivity contribution in [1.82, 2.24) is 0 Å². The van der Waals surface area contributed by atoms with Gasteiger partial charge in [-0.05, 0) is 89.0 Å². The van der Waals surface area contributed by atoms with Gasteiger partial charge in [-0.2, -0.15) is 25.3 Å². The second kappa shape index (κ2) is 14.5. The molecule has 0 fully saturated rings. The lowest BCUT2D eigenvalue weighted by atomic mass is 10.0. The highest BCUT2D eigenvalue weighted by Gasteiger charge is 2.21. The molecule has 0 bridgehead atoms. The zero-order valence-electron chi connectivity index (χ0n) is 28.9. The first-order chi connectivity index (χ1) is 26.8. The molecule has 6 N–H and O–H groups in total. The van der Waals surface area contributed by atoms with Crippen LogP contribution in [0.3, 0.4) is 0 Å². The predicted octanol–water partition coefficient (Wildman–Crippen LogP) is 6.64. The quantitative estimate of drug-likeness (QED) is 0.0838. The van der Waals surface area contributed by atoms with Crippen LogP contribution >= 0.6 is 0 Å². The summed E-state index contributed by atoms with van der Waals surface area (Å²) in [5.41, 5.74) is -0.268. The molecular weight excluding hydrogens is 799 g/mol. The van der Waals surface area contributed by atoms with Crippen LogP contribution in [0.15, 0.2) is 142 Å². The maximum Gasteiger partial charge on any atom is 0.294 e. The van der Waals surface area contributed by atoms with Crippen molar-refractivity contribution in [2.45, 2.75) is 14.7 Å². The summed E-state index contributed by atoms with van der Waals surface area (Å²) in [6.45, 7) is 0. The molecule has 57 heavy (non-hydrogen) atoms. The molecule has 15 nitrogen and oxygen atoms in total. The molecule has 7 aromatic rings. The maximum atomic E-state index is 13.9. The van der Waals surface area contributed by atoms with E-state index in [1.807, 2.05) is 0 Å². The molecule has 0 aliphatic rings. The van der Waals surface area contributed by atoms with Gasteiger partial charge in [-0.15, -0.1) is 0 Å². The molecule has 0 unspecified atom stereocenters. The molecule has 0 aliphatic heterocycles. The normalized spacial score (nSPS) is 12.1. The lowest BCUT2D eigenvalue weighted by molar-refractivity contribution is 0.102. The fourth-order valence-corrected chi connectivity index (χ4v) is 7.69. The topological polar surface area (TPSA) is 250 Å². The summed E-state index contributed by atoms with van der Waals surface area (Å²) in [5.74, 6) is -2.52. The summed E-state index contributed by atoms with van der Waals surface area (Å²) in [6.07, 6.45) is 0. The van der Waals surface area contributed by atoms with Gasteiger partial charge in [-0.3, -0.25) is 28.0 Å². The molecule has 0 saturated carbocycles. The summed E-state index contributed by atoms with van der Waals surface area (Å²) in [7, 11) is -13.8. The zero-order valence-corrected chi connectivity index (χ0v) is 31.3. The number of nitrogens with one attached hydrogen (secondary N) is 3. The first-order valence-corrected chi connectivity index (χ1v) is 20.8. The van der Waals surface area contributed by atoms with Crippen LogP contribution in [0, 0.1) is 0 Å². The number of anilines is 3. The molecular formula is C39H27N3O12S3. The molecule has 0 radical (unpaired) electrons. The number of amides is 3. The third kappa shape index (κ3) is 8.21. The number of carbonyl (C=O) groups is 3. The Morgan fingerprint density at radius 2 is 0.632 bits per heavy atom. The van der Waals surface area contributed by atoms with E-state index in [0.717, 1.165) is 18.2 Å². The Hall–Kier alpha value is -6.54. The third-order valence-electron chi connectivity index (χ3n) is 8.92. The van der Waals surface area contributed by atoms with Crippen LogP contribution in [0.25, 0.3) is 32.3 Å². The number of benzene rings is 7. The monoisotopic (exact) mass is 825 g/mol. The van der Waals surface area contributed by atoms with E-state index >= 15 is 0 Å². The van der Waals surface area contributed by atoms with Gasteiger partial charge in [0.2, 0.25) is 0 Å². The maximum absolute atomic E-state index is 13.9. The Morgan fingerprint density at radius 1 is 0.368 bits per heavy atom. The van der Waals surface area contributed by atoms with Crippen molar-refractivity contribution >= 4 is 97.5 Å². The van der Waals surface area contributed by atoms with E-state index in [-0.39, 0.29) is 49.9 Å². The van der Waals surface area contributed by atoms with E-state index in [0.29, 0.717) is 16.2 Å². The van der Waals surface area contributed by atoms with E-state index in [1.54, 1.807) is 36.4 Å². The molecule has 0 aliphatic carbocycles. The van der Waals surface area contributed by atoms with Gasteiger partial charge in [0.15, 0.2) is 0 Å². The molecule has 288 valence electrons. The van der Waals surface area contributed by atoms with Crippen molar-refractivity contribution < 1.29 is 53.3 Å². The van der Waals surface area contributed by atoms with E-state index < -0.39 is 62.8 Å². The van der Waals surface area contributed by atoms with Gasteiger partial charge in [0, 0.05) is 49.9 Å². The van der Waals surface area contributed by atoms with Crippen molar-refractivity contribution in [2.75, 3.05) is 16.0 Å². The van der Waals surface area contributed by atoms with Crippen molar-refractivity contribution in [2.24, 2.45) is 0 Å². The van der Waals surface area contributed by atoms with Crippen molar-refractivity contribution in [3.63, 3.8) is 0 Å². The molecule has 0 aromatic heterocycles. The Kier molecular flexibility index (Phi) is 9.86. The summed E-state index contributed by atoms with van der Waals surface area (Å²) in [5, 5.41) is 10.2. The lowest BCUT2D eigenvalue weighted by Crippen LogP contribution is -2.19. The SMILES string of the molecule is O=C(Nc1cccc2ccc(S(=O)(=O)O)cc12)c1cc(C(=O)Nc2cccc3ccc(S(=O)(=O)O)cc23)cc(C(=O)Nc2cccc3ccc(S(=O)(=O)O)cc23)c1. The number of carbonyl (C=O) groups excluding carboxylic acids is 3. The van der Waals surface area contributed by atoms with Crippen LogP contribution in [-0.4, -0.2) is 56.6 Å². The molecule has 7 aromatic carbocycles. The summed E-state index contributed by atoms with van der Waals surface area (Å²) >= 11 is 0. The zero-order chi connectivity index (χ0) is 40.9. The van der Waals surface area contributed by atoms with Gasteiger partial charge < -0.3 is 16.0 Å². The fraction of sp³-hybridized carbons (Fsp3) is 0. The van der Waals surface area contributed by atoms with Crippen LogP contribution in [0.1, 0.15) is 31.1 Å². The van der Waals surface area contributed by atoms with Crippen LogP contribution in [0.4, 0.5) is 17.1 Å². The summed E-state index contributed by atoms with van der Waals surface area (Å²) in [6, 6.07) is 29.0. The molecule has 18 heteroatoms. The highest BCUT2D eigenvalue weighted by atomic mass is 32.2. The smallest absolute Gasteiger partial charge is 0.294 e. The van der Waals surface area contributed by atoms with Crippen molar-refractivity contribution in [1.29, 1.82) is 0 Å². The molecule has 0 heterocycles. The highest BCUT2D eigenvalue weighted by Crippen LogP contribution is 2.30. The second-order valence-electron chi connectivity index (χ2n) is 12.7. The summed E-state index contributed by atoms with van der Waals surface area (Å²) in [4.78, 5) is 40.5.